The molecule has 2 N–H and O–H groups in total. The molecular weight excluding hydrogens is 212 g/mol. The third-order valence-corrected chi connectivity index (χ3v) is 3.47. The number of hydrogen-bond acceptors (Lipinski definition) is 4. The van der Waals surface area contributed by atoms with Crippen molar-refractivity contribution < 1.29 is 0 Å². The first-order valence-corrected chi connectivity index (χ1v) is 6.50. The smallest absolute Gasteiger partial charge is 0.134 e. The minimum atomic E-state index is 0.542. The molecule has 94 valence electrons. The van der Waals surface area contributed by atoms with Crippen molar-refractivity contribution in [1.82, 2.24) is 9.97 Å². The van der Waals surface area contributed by atoms with E-state index in [1.807, 2.05) is 7.05 Å². The number of nitrogens with one attached hydrogen (secondary N) is 2. The Morgan fingerprint density at radius 1 is 1.35 bits per heavy atom. The second kappa shape index (κ2) is 5.34. The quantitative estimate of drug-likeness (QED) is 0.794. The molecule has 1 fully saturated rings. The molecule has 0 aliphatic heterocycles. The Morgan fingerprint density at radius 3 is 2.65 bits per heavy atom. The lowest BCUT2D eigenvalue weighted by Crippen LogP contribution is -2.21. The van der Waals surface area contributed by atoms with Gasteiger partial charge in [-0.1, -0.05) is 19.8 Å². The molecule has 1 atom stereocenters. The van der Waals surface area contributed by atoms with Gasteiger partial charge in [-0.2, -0.15) is 0 Å². The van der Waals surface area contributed by atoms with Gasteiger partial charge in [0, 0.05) is 18.7 Å². The maximum atomic E-state index is 4.34. The zero-order valence-corrected chi connectivity index (χ0v) is 11.0. The SMILES string of the molecule is CCC(CC1CC1)Nc1ncnc(NC)c1C. The van der Waals surface area contributed by atoms with E-state index < -0.39 is 0 Å². The molecule has 0 amide bonds. The summed E-state index contributed by atoms with van der Waals surface area (Å²) in [5.74, 6) is 2.82. The van der Waals surface area contributed by atoms with Crippen LogP contribution < -0.4 is 10.6 Å². The molecule has 1 aliphatic carbocycles. The predicted octanol–water partition coefficient (Wildman–Crippen LogP) is 2.82. The second-order valence-electron chi connectivity index (χ2n) is 4.87. The normalized spacial score (nSPS) is 16.6. The zero-order valence-electron chi connectivity index (χ0n) is 11.0. The number of rotatable bonds is 6. The molecule has 0 aromatic carbocycles. The molecule has 4 heteroatoms. The average molecular weight is 234 g/mol. The van der Waals surface area contributed by atoms with Crippen molar-refractivity contribution in [2.45, 2.75) is 45.6 Å². The summed E-state index contributed by atoms with van der Waals surface area (Å²) in [6.07, 6.45) is 6.85. The van der Waals surface area contributed by atoms with E-state index in [0.717, 1.165) is 29.5 Å². The summed E-state index contributed by atoms with van der Waals surface area (Å²) in [4.78, 5) is 8.54. The Balaban J connectivity index is 2.04. The monoisotopic (exact) mass is 234 g/mol. The van der Waals surface area contributed by atoms with Crippen molar-refractivity contribution in [3.63, 3.8) is 0 Å². The van der Waals surface area contributed by atoms with E-state index in [1.54, 1.807) is 6.33 Å². The number of hydrogen-bond donors (Lipinski definition) is 2. The fourth-order valence-corrected chi connectivity index (χ4v) is 2.12. The van der Waals surface area contributed by atoms with Gasteiger partial charge in [0.05, 0.1) is 0 Å². The minimum absolute atomic E-state index is 0.542. The van der Waals surface area contributed by atoms with Crippen LogP contribution in [0, 0.1) is 12.8 Å². The van der Waals surface area contributed by atoms with E-state index >= 15 is 0 Å². The lowest BCUT2D eigenvalue weighted by molar-refractivity contribution is 0.584. The molecule has 0 radical (unpaired) electrons. The molecule has 1 aliphatic rings. The van der Waals surface area contributed by atoms with Gasteiger partial charge in [0.25, 0.3) is 0 Å². The lowest BCUT2D eigenvalue weighted by Gasteiger charge is -2.19. The minimum Gasteiger partial charge on any atom is -0.373 e. The van der Waals surface area contributed by atoms with Crippen LogP contribution in [0.5, 0.6) is 0 Å². The highest BCUT2D eigenvalue weighted by atomic mass is 15.1. The maximum absolute atomic E-state index is 4.34. The van der Waals surface area contributed by atoms with Crippen LogP contribution in [0.3, 0.4) is 0 Å². The summed E-state index contributed by atoms with van der Waals surface area (Å²) in [5.41, 5.74) is 1.10. The van der Waals surface area contributed by atoms with Crippen LogP contribution in [-0.2, 0) is 0 Å². The Labute approximate surface area is 103 Å². The van der Waals surface area contributed by atoms with E-state index in [-0.39, 0.29) is 0 Å². The largest absolute Gasteiger partial charge is 0.373 e. The van der Waals surface area contributed by atoms with Gasteiger partial charge in [-0.05, 0) is 25.7 Å². The summed E-state index contributed by atoms with van der Waals surface area (Å²) < 4.78 is 0. The van der Waals surface area contributed by atoms with Gasteiger partial charge in [-0.15, -0.1) is 0 Å². The van der Waals surface area contributed by atoms with Gasteiger partial charge in [-0.25, -0.2) is 9.97 Å². The molecule has 0 spiro atoms. The van der Waals surface area contributed by atoms with Crippen LogP contribution in [0.2, 0.25) is 0 Å². The van der Waals surface area contributed by atoms with Crippen molar-refractivity contribution in [2.24, 2.45) is 5.92 Å². The van der Waals surface area contributed by atoms with Crippen LogP contribution in [0.4, 0.5) is 11.6 Å². The van der Waals surface area contributed by atoms with Crippen LogP contribution in [0.25, 0.3) is 0 Å². The first-order chi connectivity index (χ1) is 8.24. The van der Waals surface area contributed by atoms with Gasteiger partial charge in [-0.3, -0.25) is 0 Å². The van der Waals surface area contributed by atoms with Gasteiger partial charge < -0.3 is 10.6 Å². The number of anilines is 2. The van der Waals surface area contributed by atoms with Gasteiger partial charge >= 0.3 is 0 Å². The molecule has 1 unspecified atom stereocenters. The van der Waals surface area contributed by atoms with E-state index in [2.05, 4.69) is 34.4 Å². The van der Waals surface area contributed by atoms with Crippen molar-refractivity contribution >= 4 is 11.6 Å². The fourth-order valence-electron chi connectivity index (χ4n) is 2.12. The lowest BCUT2D eigenvalue weighted by atomic mass is 10.1. The Morgan fingerprint density at radius 2 is 2.06 bits per heavy atom. The first kappa shape index (κ1) is 12.1. The topological polar surface area (TPSA) is 49.8 Å². The van der Waals surface area contributed by atoms with E-state index in [9.17, 15) is 0 Å². The summed E-state index contributed by atoms with van der Waals surface area (Å²) in [6.45, 7) is 4.29. The number of nitrogens with zero attached hydrogens (tertiary/aromatic N) is 2. The zero-order chi connectivity index (χ0) is 12.3. The van der Waals surface area contributed by atoms with Crippen molar-refractivity contribution in [1.29, 1.82) is 0 Å². The highest BCUT2D eigenvalue weighted by Gasteiger charge is 2.25. The van der Waals surface area contributed by atoms with Crippen LogP contribution in [-0.4, -0.2) is 23.1 Å². The second-order valence-corrected chi connectivity index (χ2v) is 4.87. The molecule has 0 bridgehead atoms. The fraction of sp³-hybridized carbons (Fsp3) is 0.692. The summed E-state index contributed by atoms with van der Waals surface area (Å²) in [5, 5.41) is 6.64. The number of aromatic nitrogens is 2. The van der Waals surface area contributed by atoms with E-state index in [1.165, 1.54) is 19.3 Å². The standard InChI is InChI=1S/C13H22N4/c1-4-11(7-10-5-6-10)17-13-9(2)12(14-3)15-8-16-13/h8,10-11H,4-7H2,1-3H3,(H2,14,15,16,17). The molecule has 4 nitrogen and oxygen atoms in total. The first-order valence-electron chi connectivity index (χ1n) is 6.50. The third-order valence-electron chi connectivity index (χ3n) is 3.47. The Hall–Kier alpha value is -1.32. The summed E-state index contributed by atoms with van der Waals surface area (Å²) in [6, 6.07) is 0.542. The van der Waals surface area contributed by atoms with Crippen molar-refractivity contribution in [2.75, 3.05) is 17.7 Å². The van der Waals surface area contributed by atoms with E-state index in [0.29, 0.717) is 6.04 Å². The summed E-state index contributed by atoms with van der Waals surface area (Å²) in [7, 11) is 1.89. The highest BCUT2D eigenvalue weighted by Crippen LogP contribution is 2.35. The van der Waals surface area contributed by atoms with Crippen LogP contribution in [0.1, 0.15) is 38.2 Å². The van der Waals surface area contributed by atoms with Gasteiger partial charge in [0.2, 0.25) is 0 Å². The highest BCUT2D eigenvalue weighted by molar-refractivity contribution is 5.56. The summed E-state index contributed by atoms with van der Waals surface area (Å²) >= 11 is 0. The molecule has 2 rings (SSSR count). The molecule has 1 saturated carbocycles. The molecule has 0 saturated heterocycles. The van der Waals surface area contributed by atoms with Crippen molar-refractivity contribution in [3.8, 4) is 0 Å². The predicted molar refractivity (Wildman–Crippen MR) is 71.4 cm³/mol. The third kappa shape index (κ3) is 3.08. The Kier molecular flexibility index (Phi) is 3.82. The van der Waals surface area contributed by atoms with Crippen molar-refractivity contribution in [3.05, 3.63) is 11.9 Å². The molecular formula is C13H22N4. The molecule has 1 aromatic heterocycles. The van der Waals surface area contributed by atoms with Crippen LogP contribution in [0.15, 0.2) is 6.33 Å². The average Bonchev–Trinajstić information content (AvgIpc) is 3.14. The molecule has 17 heavy (non-hydrogen) atoms. The van der Waals surface area contributed by atoms with Gasteiger partial charge in [0.1, 0.15) is 18.0 Å². The van der Waals surface area contributed by atoms with Crippen LogP contribution >= 0.6 is 0 Å². The van der Waals surface area contributed by atoms with Gasteiger partial charge in [0.15, 0.2) is 0 Å². The molecule has 1 heterocycles. The molecule has 1 aromatic rings. The van der Waals surface area contributed by atoms with E-state index in [4.69, 9.17) is 0 Å². The maximum Gasteiger partial charge on any atom is 0.134 e. The Bertz CT molecular complexity index is 374.